The van der Waals surface area contributed by atoms with Crippen molar-refractivity contribution < 1.29 is 27.1 Å². The van der Waals surface area contributed by atoms with E-state index in [0.717, 1.165) is 4.31 Å². The van der Waals surface area contributed by atoms with E-state index in [4.69, 9.17) is 4.74 Å². The van der Waals surface area contributed by atoms with Crippen LogP contribution in [0.15, 0.2) is 47.4 Å². The zero-order valence-electron chi connectivity index (χ0n) is 16.4. The number of fused-ring (bicyclic) bond motifs is 3. The molecule has 0 spiro atoms. The highest BCUT2D eigenvalue weighted by atomic mass is 32.2. The number of hydrogen-bond acceptors (Lipinski definition) is 5. The molecule has 1 amide bonds. The lowest BCUT2D eigenvalue weighted by atomic mass is 9.97. The van der Waals surface area contributed by atoms with Crippen molar-refractivity contribution in [3.63, 3.8) is 0 Å². The molecule has 2 aliphatic rings. The van der Waals surface area contributed by atoms with Crippen molar-refractivity contribution in [1.82, 2.24) is 4.90 Å². The zero-order valence-corrected chi connectivity index (χ0v) is 17.2. The van der Waals surface area contributed by atoms with Crippen LogP contribution < -0.4 is 4.31 Å². The molecule has 158 valence electrons. The number of likely N-dealkylation sites (tertiary alicyclic amines) is 1. The number of nitrogens with zero attached hydrogens (tertiary/aromatic N) is 2. The third kappa shape index (κ3) is 3.43. The minimum Gasteiger partial charge on any atom is -0.469 e. The topological polar surface area (TPSA) is 84.0 Å². The summed E-state index contributed by atoms with van der Waals surface area (Å²) < 4.78 is 46.2. The van der Waals surface area contributed by atoms with E-state index in [1.807, 2.05) is 0 Å². The van der Waals surface area contributed by atoms with E-state index in [9.17, 15) is 22.4 Å². The Hall–Kier alpha value is -2.94. The molecule has 2 aromatic rings. The molecular weight excluding hydrogens is 411 g/mol. The molecule has 1 fully saturated rings. The first kappa shape index (κ1) is 20.3. The van der Waals surface area contributed by atoms with Gasteiger partial charge in [0, 0.05) is 24.2 Å². The molecule has 0 aliphatic carbocycles. The van der Waals surface area contributed by atoms with E-state index in [2.05, 4.69) is 0 Å². The fraction of sp³-hybridized carbons (Fsp3) is 0.333. The van der Waals surface area contributed by atoms with E-state index in [0.29, 0.717) is 37.1 Å². The van der Waals surface area contributed by atoms with Crippen LogP contribution in [0.1, 0.15) is 12.8 Å². The summed E-state index contributed by atoms with van der Waals surface area (Å²) in [5, 5.41) is 0. The number of carbonyl (C=O) groups excluding carboxylic acids is 2. The van der Waals surface area contributed by atoms with Crippen LogP contribution in [-0.2, 0) is 24.3 Å². The molecule has 2 aromatic carbocycles. The second-order valence-corrected chi connectivity index (χ2v) is 9.18. The number of anilines is 1. The fourth-order valence-corrected chi connectivity index (χ4v) is 5.67. The van der Waals surface area contributed by atoms with Crippen molar-refractivity contribution in [2.75, 3.05) is 31.0 Å². The first-order valence-corrected chi connectivity index (χ1v) is 11.0. The number of hydrogen-bond donors (Lipinski definition) is 0. The van der Waals surface area contributed by atoms with Crippen LogP contribution in [0.2, 0.25) is 0 Å². The third-order valence-electron chi connectivity index (χ3n) is 5.63. The summed E-state index contributed by atoms with van der Waals surface area (Å²) >= 11 is 0. The van der Waals surface area contributed by atoms with Crippen LogP contribution in [-0.4, -0.2) is 51.9 Å². The number of carbonyl (C=O) groups is 2. The van der Waals surface area contributed by atoms with Crippen LogP contribution in [0.3, 0.4) is 0 Å². The molecule has 7 nitrogen and oxygen atoms in total. The van der Waals surface area contributed by atoms with Gasteiger partial charge >= 0.3 is 5.97 Å². The Labute approximate surface area is 174 Å². The van der Waals surface area contributed by atoms with Gasteiger partial charge in [-0.15, -0.1) is 0 Å². The molecule has 2 heterocycles. The van der Waals surface area contributed by atoms with Gasteiger partial charge in [-0.3, -0.25) is 13.9 Å². The van der Waals surface area contributed by atoms with E-state index >= 15 is 0 Å². The van der Waals surface area contributed by atoms with Crippen molar-refractivity contribution >= 4 is 27.6 Å². The summed E-state index contributed by atoms with van der Waals surface area (Å²) in [7, 11) is -2.65. The van der Waals surface area contributed by atoms with Crippen molar-refractivity contribution in [1.29, 1.82) is 0 Å². The molecule has 0 N–H and O–H groups in total. The lowest BCUT2D eigenvalue weighted by Gasteiger charge is -2.35. The van der Waals surface area contributed by atoms with Gasteiger partial charge in [0.2, 0.25) is 5.91 Å². The first-order valence-electron chi connectivity index (χ1n) is 9.60. The molecule has 2 aliphatic heterocycles. The molecule has 1 saturated heterocycles. The summed E-state index contributed by atoms with van der Waals surface area (Å²) in [5.41, 5.74) is 1.11. The maximum absolute atomic E-state index is 13.9. The van der Waals surface area contributed by atoms with Gasteiger partial charge < -0.3 is 9.64 Å². The van der Waals surface area contributed by atoms with Crippen molar-refractivity contribution in [2.45, 2.75) is 17.7 Å². The molecule has 0 unspecified atom stereocenters. The summed E-state index contributed by atoms with van der Waals surface area (Å²) in [5.74, 6) is -1.41. The first-order chi connectivity index (χ1) is 14.3. The van der Waals surface area contributed by atoms with E-state index in [1.54, 1.807) is 23.1 Å². The Morgan fingerprint density at radius 2 is 1.80 bits per heavy atom. The van der Waals surface area contributed by atoms with Gasteiger partial charge in [0.1, 0.15) is 12.4 Å². The van der Waals surface area contributed by atoms with Gasteiger partial charge in [0.25, 0.3) is 10.0 Å². The molecular formula is C21H21FN2O5S. The van der Waals surface area contributed by atoms with E-state index < -0.39 is 22.4 Å². The van der Waals surface area contributed by atoms with Crippen LogP contribution in [0.4, 0.5) is 10.1 Å². The number of ether oxygens (including phenoxy) is 1. The molecule has 0 saturated carbocycles. The highest BCUT2D eigenvalue weighted by molar-refractivity contribution is 7.93. The quantitative estimate of drug-likeness (QED) is 0.696. The van der Waals surface area contributed by atoms with Gasteiger partial charge in [-0.05, 0) is 37.1 Å². The smallest absolute Gasteiger partial charge is 0.308 e. The predicted molar refractivity (Wildman–Crippen MR) is 108 cm³/mol. The van der Waals surface area contributed by atoms with E-state index in [-0.39, 0.29) is 28.4 Å². The Kier molecular flexibility index (Phi) is 5.23. The molecule has 0 atom stereocenters. The van der Waals surface area contributed by atoms with Crippen molar-refractivity contribution in [3.8, 4) is 11.1 Å². The average Bonchev–Trinajstić information content (AvgIpc) is 2.76. The van der Waals surface area contributed by atoms with Crippen LogP contribution >= 0.6 is 0 Å². The van der Waals surface area contributed by atoms with Crippen molar-refractivity contribution in [3.05, 3.63) is 48.3 Å². The summed E-state index contributed by atoms with van der Waals surface area (Å²) in [6, 6.07) is 10.2. The highest BCUT2D eigenvalue weighted by Gasteiger charge is 2.37. The number of benzene rings is 2. The number of sulfonamides is 1. The van der Waals surface area contributed by atoms with Crippen LogP contribution in [0.25, 0.3) is 11.1 Å². The van der Waals surface area contributed by atoms with Gasteiger partial charge in [0.05, 0.1) is 23.6 Å². The Bertz CT molecular complexity index is 1110. The number of halogens is 1. The number of methoxy groups -OCH3 is 1. The number of esters is 1. The Morgan fingerprint density at radius 3 is 2.50 bits per heavy atom. The van der Waals surface area contributed by atoms with Gasteiger partial charge in [0.15, 0.2) is 0 Å². The lowest BCUT2D eigenvalue weighted by Crippen LogP contribution is -2.47. The summed E-state index contributed by atoms with van der Waals surface area (Å²) in [4.78, 5) is 26.2. The largest absolute Gasteiger partial charge is 0.469 e. The van der Waals surface area contributed by atoms with E-state index in [1.165, 1.54) is 31.4 Å². The maximum atomic E-state index is 13.9. The molecule has 0 aromatic heterocycles. The van der Waals surface area contributed by atoms with Crippen LogP contribution in [0.5, 0.6) is 0 Å². The monoisotopic (exact) mass is 432 g/mol. The second kappa shape index (κ2) is 7.71. The number of rotatable bonds is 3. The molecule has 4 rings (SSSR count). The summed E-state index contributed by atoms with van der Waals surface area (Å²) in [6.45, 7) is 0.302. The van der Waals surface area contributed by atoms with Crippen molar-refractivity contribution in [2.24, 2.45) is 5.92 Å². The third-order valence-corrected chi connectivity index (χ3v) is 7.45. The number of piperidine rings is 1. The average molecular weight is 432 g/mol. The Morgan fingerprint density at radius 1 is 1.10 bits per heavy atom. The second-order valence-electron chi connectivity index (χ2n) is 7.35. The van der Waals surface area contributed by atoms with Crippen LogP contribution in [0, 0.1) is 11.7 Å². The molecule has 30 heavy (non-hydrogen) atoms. The minimum atomic E-state index is -3.98. The number of amides is 1. The standard InChI is InChI=1S/C21H21FN2O5S/c1-29-21(26)14-8-10-23(11-9-14)20(25)13-24-18-7-6-15(22)12-17(18)16-4-2-3-5-19(16)30(24,27)28/h2-7,12,14H,8-11,13H2,1H3. The Balaban J connectivity index is 1.62. The lowest BCUT2D eigenvalue weighted by molar-refractivity contribution is -0.148. The summed E-state index contributed by atoms with van der Waals surface area (Å²) in [6.07, 6.45) is 0.936. The molecule has 0 radical (unpaired) electrons. The maximum Gasteiger partial charge on any atom is 0.308 e. The zero-order chi connectivity index (χ0) is 21.5. The predicted octanol–water partition coefficient (Wildman–Crippen LogP) is 2.41. The normalized spacial score (nSPS) is 17.8. The van der Waals surface area contributed by atoms with Gasteiger partial charge in [-0.1, -0.05) is 18.2 Å². The molecule has 9 heteroatoms. The highest BCUT2D eigenvalue weighted by Crippen LogP contribution is 2.43. The fourth-order valence-electron chi connectivity index (χ4n) is 4.03. The van der Waals surface area contributed by atoms with Gasteiger partial charge in [-0.25, -0.2) is 12.8 Å². The minimum absolute atomic E-state index is 0.0419. The SMILES string of the molecule is COC(=O)C1CCN(C(=O)CN2c3ccc(F)cc3-c3ccccc3S2(=O)=O)CC1. The van der Waals surface area contributed by atoms with Gasteiger partial charge in [-0.2, -0.15) is 0 Å². The molecule has 0 bridgehead atoms.